The van der Waals surface area contributed by atoms with E-state index in [1.54, 1.807) is 0 Å². The van der Waals surface area contributed by atoms with Crippen LogP contribution in [0.3, 0.4) is 0 Å². The number of aromatic nitrogens is 2. The van der Waals surface area contributed by atoms with E-state index in [1.807, 2.05) is 0 Å². The van der Waals surface area contributed by atoms with Crippen molar-refractivity contribution >= 4 is 32.9 Å². The minimum atomic E-state index is -4.92. The van der Waals surface area contributed by atoms with Crippen LogP contribution in [-0.4, -0.2) is 26.6 Å². The molecule has 0 bridgehead atoms. The second-order valence-electron chi connectivity index (χ2n) is 7.31. The summed E-state index contributed by atoms with van der Waals surface area (Å²) in [6, 6.07) is 7.64. The number of carbonyl (C=O) groups is 1. The van der Waals surface area contributed by atoms with Crippen LogP contribution in [-0.2, 0) is 15.9 Å². The molecule has 1 unspecified atom stereocenters. The number of ether oxygens (including phenoxy) is 1. The number of anilines is 1. The Morgan fingerprint density at radius 2 is 1.85 bits per heavy atom. The lowest BCUT2D eigenvalue weighted by Crippen LogP contribution is -2.21. The first kappa shape index (κ1) is 25.4. The molecule has 0 aliphatic carbocycles. The Morgan fingerprint density at radius 3 is 2.47 bits per heavy atom. The van der Waals surface area contributed by atoms with Gasteiger partial charge in [-0.2, -0.15) is 13.2 Å². The smallest absolute Gasteiger partial charge is 0.435 e. The van der Waals surface area contributed by atoms with Crippen molar-refractivity contribution in [3.8, 4) is 11.6 Å². The summed E-state index contributed by atoms with van der Waals surface area (Å²) < 4.78 is 79.3. The molecule has 0 spiro atoms. The highest BCUT2D eigenvalue weighted by atomic mass is 35.5. The van der Waals surface area contributed by atoms with Crippen molar-refractivity contribution in [3.63, 3.8) is 0 Å². The highest BCUT2D eigenvalue weighted by molar-refractivity contribution is 7.91. The van der Waals surface area contributed by atoms with Gasteiger partial charge in [-0.15, -0.1) is 10.2 Å². The summed E-state index contributed by atoms with van der Waals surface area (Å²) in [5.41, 5.74) is -2.35. The zero-order valence-corrected chi connectivity index (χ0v) is 19.5. The van der Waals surface area contributed by atoms with Crippen LogP contribution < -0.4 is 10.1 Å². The van der Waals surface area contributed by atoms with Gasteiger partial charge in [-0.3, -0.25) is 4.79 Å². The number of carbonyl (C=O) groups excluding carboxylic acids is 1. The quantitative estimate of drug-likeness (QED) is 0.406. The molecule has 7 nitrogen and oxygen atoms in total. The summed E-state index contributed by atoms with van der Waals surface area (Å²) in [4.78, 5) is 13.1. The molecule has 2 N–H and O–H groups in total. The fourth-order valence-corrected chi connectivity index (χ4v) is 3.87. The van der Waals surface area contributed by atoms with Crippen molar-refractivity contribution in [3.05, 3.63) is 69.6 Å². The third kappa shape index (κ3) is 5.45. The summed E-state index contributed by atoms with van der Waals surface area (Å²) in [5.74, 6) is -2.67. The van der Waals surface area contributed by atoms with E-state index in [-0.39, 0.29) is 26.9 Å². The van der Waals surface area contributed by atoms with E-state index in [2.05, 4.69) is 15.5 Å². The second kappa shape index (κ2) is 9.18. The van der Waals surface area contributed by atoms with E-state index in [0.717, 1.165) is 13.0 Å². The monoisotopic (exact) mass is 516 g/mol. The van der Waals surface area contributed by atoms with Crippen LogP contribution >= 0.6 is 11.6 Å². The maximum atomic E-state index is 14.0. The topological polar surface area (TPSA) is 105 Å². The van der Waals surface area contributed by atoms with Gasteiger partial charge in [-0.05, 0) is 49.2 Å². The minimum Gasteiger partial charge on any atom is -0.435 e. The average Bonchev–Trinajstić information content (AvgIpc) is 2.70. The Bertz CT molecular complexity index is 1400. The van der Waals surface area contributed by atoms with Crippen molar-refractivity contribution in [1.82, 2.24) is 10.2 Å². The van der Waals surface area contributed by atoms with Crippen molar-refractivity contribution in [2.24, 2.45) is 0 Å². The first-order valence-electron chi connectivity index (χ1n) is 9.41. The van der Waals surface area contributed by atoms with Crippen LogP contribution in [0, 0.1) is 24.4 Å². The lowest BCUT2D eigenvalue weighted by Gasteiger charge is -2.16. The summed E-state index contributed by atoms with van der Waals surface area (Å²) >= 11 is 6.05. The maximum Gasteiger partial charge on any atom is 0.435 e. The largest absolute Gasteiger partial charge is 0.435 e. The van der Waals surface area contributed by atoms with Gasteiger partial charge >= 0.3 is 6.18 Å². The molecule has 34 heavy (non-hydrogen) atoms. The number of halogens is 5. The predicted molar refractivity (Wildman–Crippen MR) is 117 cm³/mol. The number of rotatable bonds is 5. The first-order valence-corrected chi connectivity index (χ1v) is 11.8. The lowest BCUT2D eigenvalue weighted by atomic mass is 10.1. The zero-order valence-electron chi connectivity index (χ0n) is 17.9. The third-order valence-electron chi connectivity index (χ3n) is 4.64. The lowest BCUT2D eigenvalue weighted by molar-refractivity contribution is -0.142. The molecule has 3 rings (SSSR count). The standard InChI is InChI=1S/C21H17ClF4N4O3S/c1-10-7-14(22)16(9-15(10)23)33-20-17(11(2)18(29-30-20)21(24,25)26)19(31)28-12-5-4-6-13(8-12)34(3,27)32/h4-9,27H,1-3H3,(H,28,31). The number of hydrogen-bond donors (Lipinski definition) is 2. The molecule has 1 aromatic heterocycles. The average molecular weight is 517 g/mol. The van der Waals surface area contributed by atoms with Crippen LogP contribution in [0.5, 0.6) is 11.6 Å². The molecule has 1 amide bonds. The van der Waals surface area contributed by atoms with Gasteiger partial charge in [0.1, 0.15) is 11.4 Å². The number of hydrogen-bond acceptors (Lipinski definition) is 6. The summed E-state index contributed by atoms with van der Waals surface area (Å²) in [7, 11) is -3.12. The number of nitrogens with one attached hydrogen (secondary N) is 2. The molecule has 0 radical (unpaired) electrons. The maximum absolute atomic E-state index is 14.0. The molecule has 0 saturated carbocycles. The Balaban J connectivity index is 2.10. The van der Waals surface area contributed by atoms with E-state index in [1.165, 1.54) is 43.5 Å². The molecular weight excluding hydrogens is 500 g/mol. The fraction of sp³-hybridized carbons (Fsp3) is 0.190. The van der Waals surface area contributed by atoms with Crippen LogP contribution in [0.4, 0.5) is 23.2 Å². The molecule has 0 fully saturated rings. The first-order chi connectivity index (χ1) is 15.7. The molecule has 180 valence electrons. The van der Waals surface area contributed by atoms with Crippen LogP contribution in [0.25, 0.3) is 0 Å². The summed E-state index contributed by atoms with van der Waals surface area (Å²) in [5, 5.41) is 8.85. The van der Waals surface area contributed by atoms with Gasteiger partial charge in [0.05, 0.1) is 14.8 Å². The number of amides is 1. The van der Waals surface area contributed by atoms with Crippen LogP contribution in [0.1, 0.15) is 27.2 Å². The van der Waals surface area contributed by atoms with E-state index in [9.17, 15) is 26.6 Å². The van der Waals surface area contributed by atoms with Gasteiger partial charge in [0.15, 0.2) is 11.4 Å². The molecule has 0 aliphatic rings. The summed E-state index contributed by atoms with van der Waals surface area (Å²) in [6.45, 7) is 2.46. The molecule has 1 heterocycles. The number of aryl methyl sites for hydroxylation is 1. The molecule has 3 aromatic rings. The van der Waals surface area contributed by atoms with Gasteiger partial charge in [-0.1, -0.05) is 17.7 Å². The van der Waals surface area contributed by atoms with E-state index >= 15 is 0 Å². The van der Waals surface area contributed by atoms with Crippen molar-refractivity contribution in [1.29, 1.82) is 4.78 Å². The van der Waals surface area contributed by atoms with Gasteiger partial charge in [0.2, 0.25) is 0 Å². The Hall–Kier alpha value is -3.25. The van der Waals surface area contributed by atoms with Crippen molar-refractivity contribution in [2.75, 3.05) is 11.6 Å². The molecule has 2 aromatic carbocycles. The van der Waals surface area contributed by atoms with Crippen LogP contribution in [0.2, 0.25) is 5.02 Å². The number of benzene rings is 2. The third-order valence-corrected chi connectivity index (χ3v) is 6.09. The number of alkyl halides is 3. The normalized spacial score (nSPS) is 13.3. The van der Waals surface area contributed by atoms with Crippen molar-refractivity contribution in [2.45, 2.75) is 24.9 Å². The molecule has 0 saturated heterocycles. The van der Waals surface area contributed by atoms with Gasteiger partial charge in [0, 0.05) is 22.9 Å². The Morgan fingerprint density at radius 1 is 1.18 bits per heavy atom. The van der Waals surface area contributed by atoms with Crippen molar-refractivity contribution < 1.29 is 31.3 Å². The SMILES string of the molecule is Cc1cc(Cl)c(Oc2nnc(C(F)(F)F)c(C)c2C(=O)Nc2cccc(S(C)(=N)=O)c2)cc1F. The second-order valence-corrected chi connectivity index (χ2v) is 9.88. The molecule has 13 heteroatoms. The van der Waals surface area contributed by atoms with Crippen LogP contribution in [0.15, 0.2) is 41.3 Å². The van der Waals surface area contributed by atoms with E-state index < -0.39 is 50.3 Å². The number of nitrogens with zero attached hydrogens (tertiary/aromatic N) is 2. The predicted octanol–water partition coefficient (Wildman–Crippen LogP) is 5.98. The van der Waals surface area contributed by atoms with E-state index in [4.69, 9.17) is 21.1 Å². The van der Waals surface area contributed by atoms with Gasteiger partial charge < -0.3 is 10.1 Å². The molecule has 1 atom stereocenters. The zero-order chi connectivity index (χ0) is 25.4. The molecule has 0 aliphatic heterocycles. The Kier molecular flexibility index (Phi) is 6.85. The highest BCUT2D eigenvalue weighted by Crippen LogP contribution is 2.37. The summed E-state index contributed by atoms with van der Waals surface area (Å²) in [6.07, 6.45) is -3.74. The Labute approximate surface area is 197 Å². The highest BCUT2D eigenvalue weighted by Gasteiger charge is 2.38. The van der Waals surface area contributed by atoms with Gasteiger partial charge in [0.25, 0.3) is 11.8 Å². The minimum absolute atomic E-state index is 0.0644. The van der Waals surface area contributed by atoms with E-state index in [0.29, 0.717) is 0 Å². The molecular formula is C21H17ClF4N4O3S. The van der Waals surface area contributed by atoms with Gasteiger partial charge in [-0.25, -0.2) is 13.4 Å². The fourth-order valence-electron chi connectivity index (χ4n) is 2.93.